The van der Waals surface area contributed by atoms with Crippen LogP contribution in [-0.2, 0) is 16.7 Å². The smallest absolute Gasteiger partial charge is 0.243 e. The molecule has 0 unspecified atom stereocenters. The normalized spacial score (nSPS) is 18.0. The van der Waals surface area contributed by atoms with Crippen LogP contribution in [0.1, 0.15) is 35.7 Å². The molecule has 0 bridgehead atoms. The van der Waals surface area contributed by atoms with E-state index < -0.39 is 10.0 Å². The first-order valence-corrected chi connectivity index (χ1v) is 13.2. The first kappa shape index (κ1) is 22.5. The first-order valence-electron chi connectivity index (χ1n) is 11.4. The maximum Gasteiger partial charge on any atom is 0.243 e. The van der Waals surface area contributed by atoms with E-state index in [1.54, 1.807) is 16.4 Å². The Kier molecular flexibility index (Phi) is 5.98. The lowest BCUT2D eigenvalue weighted by molar-refractivity contribution is 0.144. The molecule has 1 aromatic heterocycles. The summed E-state index contributed by atoms with van der Waals surface area (Å²) in [5.41, 5.74) is 3.13. The van der Waals surface area contributed by atoms with E-state index in [4.69, 9.17) is 17.3 Å². The SMILES string of the molecule is Cc1ccc(S(=O)(=O)N2CCN(Cn3nc(C4CC4)n(-c4ccccc4)c3=S)CC2)cc1C. The summed E-state index contributed by atoms with van der Waals surface area (Å²) in [5.74, 6) is 1.50. The second kappa shape index (κ2) is 8.79. The van der Waals surface area contributed by atoms with Crippen LogP contribution in [0.15, 0.2) is 53.4 Å². The monoisotopic (exact) mass is 483 g/mol. The Morgan fingerprint density at radius 1 is 0.970 bits per heavy atom. The highest BCUT2D eigenvalue weighted by atomic mass is 32.2. The van der Waals surface area contributed by atoms with E-state index in [0.717, 1.165) is 35.5 Å². The van der Waals surface area contributed by atoms with Crippen molar-refractivity contribution in [2.75, 3.05) is 26.2 Å². The molecule has 5 rings (SSSR count). The molecular weight excluding hydrogens is 454 g/mol. The highest BCUT2D eigenvalue weighted by Crippen LogP contribution is 2.40. The molecule has 1 saturated carbocycles. The second-order valence-electron chi connectivity index (χ2n) is 9.00. The molecule has 33 heavy (non-hydrogen) atoms. The molecule has 0 atom stereocenters. The van der Waals surface area contributed by atoms with Gasteiger partial charge in [-0.2, -0.15) is 9.40 Å². The van der Waals surface area contributed by atoms with Crippen molar-refractivity contribution in [3.8, 4) is 5.69 Å². The van der Waals surface area contributed by atoms with Gasteiger partial charge in [-0.15, -0.1) is 0 Å². The van der Waals surface area contributed by atoms with Gasteiger partial charge >= 0.3 is 0 Å². The lowest BCUT2D eigenvalue weighted by Crippen LogP contribution is -2.49. The van der Waals surface area contributed by atoms with Gasteiger partial charge in [0.1, 0.15) is 5.82 Å². The highest BCUT2D eigenvalue weighted by molar-refractivity contribution is 7.89. The molecule has 1 saturated heterocycles. The Labute approximate surface area is 200 Å². The number of aryl methyl sites for hydroxylation is 2. The van der Waals surface area contributed by atoms with Gasteiger partial charge in [0.2, 0.25) is 14.8 Å². The van der Waals surface area contributed by atoms with Gasteiger partial charge in [0.15, 0.2) is 0 Å². The van der Waals surface area contributed by atoms with Crippen molar-refractivity contribution in [2.45, 2.75) is 44.2 Å². The topological polar surface area (TPSA) is 63.4 Å². The van der Waals surface area contributed by atoms with Gasteiger partial charge in [-0.3, -0.25) is 9.47 Å². The molecule has 0 amide bonds. The largest absolute Gasteiger partial charge is 0.282 e. The third-order valence-electron chi connectivity index (χ3n) is 6.60. The molecule has 3 aromatic rings. The van der Waals surface area contributed by atoms with Crippen LogP contribution in [0.3, 0.4) is 0 Å². The summed E-state index contributed by atoms with van der Waals surface area (Å²) in [4.78, 5) is 2.60. The second-order valence-corrected chi connectivity index (χ2v) is 11.3. The Bertz CT molecular complexity index is 1320. The van der Waals surface area contributed by atoms with Crippen LogP contribution in [0.4, 0.5) is 0 Å². The van der Waals surface area contributed by atoms with Gasteiger partial charge in [-0.1, -0.05) is 24.3 Å². The molecule has 9 heteroatoms. The predicted molar refractivity (Wildman–Crippen MR) is 131 cm³/mol. The third kappa shape index (κ3) is 4.42. The van der Waals surface area contributed by atoms with E-state index in [9.17, 15) is 8.42 Å². The fourth-order valence-electron chi connectivity index (χ4n) is 4.27. The molecule has 2 fully saturated rings. The minimum atomic E-state index is -3.49. The molecule has 2 heterocycles. The molecule has 2 aliphatic rings. The fraction of sp³-hybridized carbons (Fsp3) is 0.417. The summed E-state index contributed by atoms with van der Waals surface area (Å²) < 4.78 is 32.5. The summed E-state index contributed by atoms with van der Waals surface area (Å²) in [7, 11) is -3.49. The summed E-state index contributed by atoms with van der Waals surface area (Å²) in [6.45, 7) is 6.69. The number of hydrogen-bond acceptors (Lipinski definition) is 5. The fourth-order valence-corrected chi connectivity index (χ4v) is 6.07. The van der Waals surface area contributed by atoms with Gasteiger partial charge in [0, 0.05) is 37.8 Å². The van der Waals surface area contributed by atoms with Crippen LogP contribution in [0.25, 0.3) is 5.69 Å². The van der Waals surface area contributed by atoms with Crippen molar-refractivity contribution in [1.29, 1.82) is 0 Å². The van der Waals surface area contributed by atoms with E-state index in [-0.39, 0.29) is 0 Å². The Hall–Kier alpha value is -2.33. The van der Waals surface area contributed by atoms with Gasteiger partial charge in [0.25, 0.3) is 0 Å². The van der Waals surface area contributed by atoms with Crippen LogP contribution in [0, 0.1) is 18.6 Å². The van der Waals surface area contributed by atoms with Crippen LogP contribution >= 0.6 is 12.2 Å². The Morgan fingerprint density at radius 3 is 2.30 bits per heavy atom. The molecular formula is C24H29N5O2S2. The van der Waals surface area contributed by atoms with E-state index in [1.165, 1.54) is 0 Å². The van der Waals surface area contributed by atoms with Crippen LogP contribution in [0.5, 0.6) is 0 Å². The first-order chi connectivity index (χ1) is 15.8. The molecule has 2 aromatic carbocycles. The van der Waals surface area contributed by atoms with Gasteiger partial charge < -0.3 is 0 Å². The summed E-state index contributed by atoms with van der Waals surface area (Å²) in [6.07, 6.45) is 2.29. The highest BCUT2D eigenvalue weighted by Gasteiger charge is 2.32. The lowest BCUT2D eigenvalue weighted by atomic mass is 10.1. The standard InChI is InChI=1S/C24H29N5O2S2/c1-18-8-11-22(16-19(18)2)33(30,31)27-14-12-26(13-15-27)17-28-24(32)29(21-6-4-3-5-7-21)23(25-28)20-9-10-20/h3-8,11,16,20H,9-10,12-15,17H2,1-2H3. The summed E-state index contributed by atoms with van der Waals surface area (Å²) >= 11 is 5.81. The maximum atomic E-state index is 13.1. The van der Waals surface area contributed by atoms with Crippen molar-refractivity contribution >= 4 is 22.2 Å². The Balaban J connectivity index is 1.31. The van der Waals surface area contributed by atoms with Gasteiger partial charge in [-0.05, 0) is 74.3 Å². The number of aromatic nitrogens is 3. The molecule has 0 radical (unpaired) electrons. The predicted octanol–water partition coefficient (Wildman–Crippen LogP) is 3.86. The quantitative estimate of drug-likeness (QED) is 0.498. The molecule has 0 spiro atoms. The average molecular weight is 484 g/mol. The number of para-hydroxylation sites is 1. The number of sulfonamides is 1. The van der Waals surface area contributed by atoms with Crippen molar-refractivity contribution in [3.63, 3.8) is 0 Å². The number of hydrogen-bond donors (Lipinski definition) is 0. The zero-order valence-electron chi connectivity index (χ0n) is 19.0. The van der Waals surface area contributed by atoms with E-state index >= 15 is 0 Å². The molecule has 0 N–H and O–H groups in total. The van der Waals surface area contributed by atoms with Crippen LogP contribution in [0.2, 0.25) is 0 Å². The van der Waals surface area contributed by atoms with Gasteiger partial charge in [0.05, 0.1) is 11.6 Å². The third-order valence-corrected chi connectivity index (χ3v) is 8.89. The van der Waals surface area contributed by atoms with Crippen molar-refractivity contribution in [1.82, 2.24) is 23.6 Å². The number of benzene rings is 2. The zero-order chi connectivity index (χ0) is 23.2. The van der Waals surface area contributed by atoms with Crippen molar-refractivity contribution in [2.24, 2.45) is 0 Å². The lowest BCUT2D eigenvalue weighted by Gasteiger charge is -2.33. The van der Waals surface area contributed by atoms with Gasteiger partial charge in [-0.25, -0.2) is 13.1 Å². The van der Waals surface area contributed by atoms with E-state index in [2.05, 4.69) is 21.6 Å². The molecule has 1 aliphatic carbocycles. The average Bonchev–Trinajstić information content (AvgIpc) is 3.61. The molecule has 1 aliphatic heterocycles. The van der Waals surface area contributed by atoms with Crippen LogP contribution in [-0.4, -0.2) is 58.1 Å². The van der Waals surface area contributed by atoms with Crippen LogP contribution < -0.4 is 0 Å². The molecule has 174 valence electrons. The zero-order valence-corrected chi connectivity index (χ0v) is 20.6. The summed E-state index contributed by atoms with van der Waals surface area (Å²) in [5, 5.41) is 4.88. The molecule has 7 nitrogen and oxygen atoms in total. The maximum absolute atomic E-state index is 13.1. The van der Waals surface area contributed by atoms with Crippen molar-refractivity contribution < 1.29 is 8.42 Å². The Morgan fingerprint density at radius 2 is 1.67 bits per heavy atom. The minimum Gasteiger partial charge on any atom is -0.282 e. The van der Waals surface area contributed by atoms with E-state index in [1.807, 2.05) is 42.8 Å². The van der Waals surface area contributed by atoms with Crippen molar-refractivity contribution in [3.05, 3.63) is 70.3 Å². The number of nitrogens with zero attached hydrogens (tertiary/aromatic N) is 5. The number of piperazine rings is 1. The minimum absolute atomic E-state index is 0.372. The number of rotatable bonds is 6. The summed E-state index contributed by atoms with van der Waals surface area (Å²) in [6, 6.07) is 15.5. The van der Waals surface area contributed by atoms with E-state index in [0.29, 0.717) is 48.4 Å².